The van der Waals surface area contributed by atoms with Gasteiger partial charge in [-0.2, -0.15) is 0 Å². The van der Waals surface area contributed by atoms with Gasteiger partial charge in [-0.25, -0.2) is 0 Å². The van der Waals surface area contributed by atoms with E-state index in [1.54, 1.807) is 0 Å². The SMILES string of the molecule is [O-]N1ON([O-])C2([I-]1)[I-]N([O-])ON2[O-]. The van der Waals surface area contributed by atoms with Crippen molar-refractivity contribution in [1.82, 2.24) is 17.3 Å². The van der Waals surface area contributed by atoms with Crippen LogP contribution in [0.25, 0.3) is 0 Å². The molecule has 0 bridgehead atoms. The molecule has 2 saturated heterocycles. The fraction of sp³-hybridized carbons (Fsp3) is 1.00. The number of nitrogens with zero attached hydrogens (tertiary/aromatic N) is 4. The van der Waals surface area contributed by atoms with Crippen LogP contribution in [0.15, 0.2) is 0 Å². The summed E-state index contributed by atoms with van der Waals surface area (Å²) in [6.45, 7) is 0. The number of hydroxylamine groups is 4. The van der Waals surface area contributed by atoms with Crippen LogP contribution < -0.4 is 43.0 Å². The minimum absolute atomic E-state index is 0.0407. The van der Waals surface area contributed by atoms with Crippen LogP contribution >= 0.6 is 0 Å². The summed E-state index contributed by atoms with van der Waals surface area (Å²) < 4.78 is -1.61. The first-order valence-corrected chi connectivity index (χ1v) is 6.71. The summed E-state index contributed by atoms with van der Waals surface area (Å²) in [5.41, 5.74) is 0. The van der Waals surface area contributed by atoms with Gasteiger partial charge in [0.25, 0.3) is 0 Å². The third-order valence-electron chi connectivity index (χ3n) is 1.07. The molecule has 0 radical (unpaired) electrons. The molecule has 0 aromatic heterocycles. The predicted molar refractivity (Wildman–Crippen MR) is 25.7 cm³/mol. The molecule has 12 heteroatoms. The zero-order valence-corrected chi connectivity index (χ0v) is 9.81. The molecule has 13 heavy (non-hydrogen) atoms. The molecular weight excluding hydrogens is 418 g/mol. The normalized spacial score (nSPS) is 33.5. The van der Waals surface area contributed by atoms with Crippen LogP contribution in [0, 0.1) is 20.8 Å². The number of alkyl halides is 2. The number of hydrogen-bond acceptors (Lipinski definition) is 10. The molecule has 2 fully saturated rings. The number of halogens is 2. The Hall–Kier alpha value is 1.06. The van der Waals surface area contributed by atoms with E-state index in [4.69, 9.17) is 0 Å². The Kier molecular flexibility index (Phi) is 2.91. The quantitative estimate of drug-likeness (QED) is 0.162. The Morgan fingerprint density at radius 1 is 0.846 bits per heavy atom. The van der Waals surface area contributed by atoms with Crippen molar-refractivity contribution in [3.05, 3.63) is 20.8 Å². The maximum atomic E-state index is 11.0. The molecule has 0 aliphatic carbocycles. The fourth-order valence-electron chi connectivity index (χ4n) is 0.626. The number of rotatable bonds is 0. The van der Waals surface area contributed by atoms with E-state index in [0.717, 1.165) is 0 Å². The molecule has 0 saturated carbocycles. The molecule has 0 atom stereocenters. The predicted octanol–water partition coefficient (Wildman–Crippen LogP) is -7.47. The van der Waals surface area contributed by atoms with E-state index >= 15 is 0 Å². The summed E-state index contributed by atoms with van der Waals surface area (Å²) in [4.78, 5) is 8.12. The van der Waals surface area contributed by atoms with Gasteiger partial charge in [0.05, 0.1) is 0 Å². The maximum absolute atomic E-state index is 11.0. The zero-order chi connectivity index (χ0) is 9.64. The Bertz CT molecular complexity index is 195. The topological polar surface area (TPSA) is 124 Å². The summed E-state index contributed by atoms with van der Waals surface area (Å²) in [6, 6.07) is 0. The van der Waals surface area contributed by atoms with Gasteiger partial charge >= 0.3 is 92.7 Å². The van der Waals surface area contributed by atoms with Crippen molar-refractivity contribution >= 4 is 0 Å². The number of hydrogen-bond donors (Lipinski definition) is 0. The van der Waals surface area contributed by atoms with Crippen LogP contribution in [-0.4, -0.2) is 19.0 Å². The van der Waals surface area contributed by atoms with Gasteiger partial charge in [0, 0.05) is 0 Å². The van der Waals surface area contributed by atoms with Crippen molar-refractivity contribution in [2.24, 2.45) is 0 Å². The third kappa shape index (κ3) is 1.66. The Morgan fingerprint density at radius 3 is 1.46 bits per heavy atom. The minimum atomic E-state index is -1.69. The first-order valence-electron chi connectivity index (χ1n) is 2.62. The summed E-state index contributed by atoms with van der Waals surface area (Å²) in [6.07, 6.45) is 0. The van der Waals surface area contributed by atoms with Gasteiger partial charge in [-0.15, -0.1) is 0 Å². The summed E-state index contributed by atoms with van der Waals surface area (Å²) >= 11 is -3.11. The molecule has 0 amide bonds. The average Bonchev–Trinajstić information content (AvgIpc) is 2.40. The van der Waals surface area contributed by atoms with E-state index < -0.39 is 44.6 Å². The third-order valence-corrected chi connectivity index (χ3v) is 7.46. The van der Waals surface area contributed by atoms with Crippen molar-refractivity contribution in [3.8, 4) is 0 Å². The van der Waals surface area contributed by atoms with Crippen molar-refractivity contribution in [1.29, 1.82) is 0 Å². The van der Waals surface area contributed by atoms with E-state index in [0.29, 0.717) is 0 Å². The summed E-state index contributed by atoms with van der Waals surface area (Å²) in [5, 5.41) is 43.0. The Morgan fingerprint density at radius 2 is 1.23 bits per heavy atom. The van der Waals surface area contributed by atoms with Crippen molar-refractivity contribution in [3.63, 3.8) is 0 Å². The molecule has 0 unspecified atom stereocenters. The van der Waals surface area contributed by atoms with Crippen LogP contribution in [-0.2, 0) is 9.88 Å². The van der Waals surface area contributed by atoms with Crippen molar-refractivity contribution in [2.75, 3.05) is 0 Å². The molecule has 10 nitrogen and oxygen atoms in total. The molecule has 0 aromatic rings. The Balaban J connectivity index is 2.20. The van der Waals surface area contributed by atoms with Crippen LogP contribution in [0.4, 0.5) is 0 Å². The van der Waals surface area contributed by atoms with Crippen molar-refractivity contribution in [2.45, 2.75) is 1.68 Å². The molecular formula is CI2N4O6-6. The van der Waals surface area contributed by atoms with Crippen LogP contribution in [0.2, 0.25) is 0 Å². The van der Waals surface area contributed by atoms with Gasteiger partial charge in [0.2, 0.25) is 0 Å². The zero-order valence-electron chi connectivity index (χ0n) is 5.49. The van der Waals surface area contributed by atoms with E-state index in [1.807, 2.05) is 0 Å². The standard InChI is InChI=1S/CI2N4O6/c8-4-1(2-6(10)12-4)3-7(11)13-5(1)9/q-6. The van der Waals surface area contributed by atoms with Crippen LogP contribution in [0.3, 0.4) is 0 Å². The summed E-state index contributed by atoms with van der Waals surface area (Å²) in [5.74, 6) is 0. The van der Waals surface area contributed by atoms with Crippen LogP contribution in [0.1, 0.15) is 0 Å². The first-order chi connectivity index (χ1) is 6.04. The molecule has 2 aliphatic heterocycles. The second-order valence-corrected chi connectivity index (χ2v) is 9.39. The first kappa shape index (κ1) is 10.6. The van der Waals surface area contributed by atoms with Crippen LogP contribution in [0.5, 0.6) is 0 Å². The molecule has 2 heterocycles. The Labute approximate surface area is 92.3 Å². The molecule has 2 aliphatic rings. The van der Waals surface area contributed by atoms with E-state index in [9.17, 15) is 20.8 Å². The molecule has 0 aromatic carbocycles. The van der Waals surface area contributed by atoms with Gasteiger partial charge in [-0.1, -0.05) is 0 Å². The van der Waals surface area contributed by atoms with Gasteiger partial charge < -0.3 is 0 Å². The monoisotopic (exact) mass is 418 g/mol. The van der Waals surface area contributed by atoms with Gasteiger partial charge in [0.15, 0.2) is 0 Å². The van der Waals surface area contributed by atoms with E-state index in [-0.39, 0.29) is 17.3 Å². The second-order valence-electron chi connectivity index (χ2n) is 1.78. The van der Waals surface area contributed by atoms with Crippen molar-refractivity contribution < 1.29 is 52.8 Å². The molecule has 1 spiro atoms. The van der Waals surface area contributed by atoms with E-state index in [2.05, 4.69) is 9.88 Å². The molecule has 0 N–H and O–H groups in total. The fourth-order valence-corrected chi connectivity index (χ4v) is 5.81. The molecule has 2 rings (SSSR count). The molecule has 80 valence electrons. The average molecular weight is 418 g/mol. The second kappa shape index (κ2) is 3.57. The van der Waals surface area contributed by atoms with E-state index in [1.165, 1.54) is 0 Å². The van der Waals surface area contributed by atoms with Gasteiger partial charge in [-0.3, -0.25) is 0 Å². The van der Waals surface area contributed by atoms with Gasteiger partial charge in [0.1, 0.15) is 0 Å². The van der Waals surface area contributed by atoms with Gasteiger partial charge in [-0.05, 0) is 0 Å². The summed E-state index contributed by atoms with van der Waals surface area (Å²) in [7, 11) is 0.